The van der Waals surface area contributed by atoms with E-state index in [1.807, 2.05) is 17.9 Å². The van der Waals surface area contributed by atoms with Crippen LogP contribution in [0.25, 0.3) is 0 Å². The molecule has 0 saturated heterocycles. The second-order valence-electron chi connectivity index (χ2n) is 5.95. The maximum atomic E-state index is 12.8. The predicted octanol–water partition coefficient (Wildman–Crippen LogP) is 3.27. The van der Waals surface area contributed by atoms with Crippen molar-refractivity contribution in [2.75, 3.05) is 25.0 Å². The highest BCUT2D eigenvalue weighted by Gasteiger charge is 2.20. The van der Waals surface area contributed by atoms with E-state index in [-0.39, 0.29) is 5.91 Å². The van der Waals surface area contributed by atoms with Gasteiger partial charge in [0.05, 0.1) is 11.3 Å². The number of carbonyl (C=O) groups is 1. The van der Waals surface area contributed by atoms with E-state index in [2.05, 4.69) is 38.0 Å². The molecular weight excluding hydrogens is 250 g/mol. The third kappa shape index (κ3) is 4.83. The number of nitrogens with zero attached hydrogens (tertiary/aromatic N) is 2. The molecule has 0 atom stereocenters. The van der Waals surface area contributed by atoms with Gasteiger partial charge in [-0.1, -0.05) is 27.7 Å². The number of rotatable bonds is 7. The molecule has 0 spiro atoms. The summed E-state index contributed by atoms with van der Waals surface area (Å²) in [5.41, 5.74) is 1.53. The van der Waals surface area contributed by atoms with Crippen LogP contribution in [0.15, 0.2) is 18.5 Å². The van der Waals surface area contributed by atoms with Gasteiger partial charge in [-0.15, -0.1) is 0 Å². The number of pyridine rings is 1. The minimum Gasteiger partial charge on any atom is -0.385 e. The Morgan fingerprint density at radius 2 is 1.85 bits per heavy atom. The Balaban J connectivity index is 2.98. The molecule has 4 nitrogen and oxygen atoms in total. The number of hydrogen-bond acceptors (Lipinski definition) is 3. The number of aromatic nitrogens is 1. The molecule has 112 valence electrons. The van der Waals surface area contributed by atoms with Gasteiger partial charge in [0.25, 0.3) is 5.91 Å². The van der Waals surface area contributed by atoms with E-state index < -0.39 is 0 Å². The Morgan fingerprint density at radius 3 is 2.35 bits per heavy atom. The van der Waals surface area contributed by atoms with E-state index in [1.54, 1.807) is 12.4 Å². The maximum Gasteiger partial charge on any atom is 0.257 e. The van der Waals surface area contributed by atoms with Gasteiger partial charge in [-0.05, 0) is 24.8 Å². The van der Waals surface area contributed by atoms with Crippen molar-refractivity contribution in [3.63, 3.8) is 0 Å². The summed E-state index contributed by atoms with van der Waals surface area (Å²) < 4.78 is 0. The molecule has 1 rings (SSSR count). The van der Waals surface area contributed by atoms with Gasteiger partial charge in [-0.25, -0.2) is 0 Å². The van der Waals surface area contributed by atoms with Gasteiger partial charge < -0.3 is 10.2 Å². The molecule has 1 N–H and O–H groups in total. The largest absolute Gasteiger partial charge is 0.385 e. The molecule has 0 saturated carbocycles. The zero-order chi connectivity index (χ0) is 15.1. The van der Waals surface area contributed by atoms with Crippen LogP contribution in [0.4, 0.5) is 5.69 Å². The summed E-state index contributed by atoms with van der Waals surface area (Å²) >= 11 is 0. The fourth-order valence-electron chi connectivity index (χ4n) is 2.20. The summed E-state index contributed by atoms with van der Waals surface area (Å²) in [5, 5.41) is 3.23. The number of amides is 1. The van der Waals surface area contributed by atoms with Gasteiger partial charge in [0.15, 0.2) is 0 Å². The Morgan fingerprint density at radius 1 is 1.25 bits per heavy atom. The highest BCUT2D eigenvalue weighted by molar-refractivity contribution is 5.99. The fourth-order valence-corrected chi connectivity index (χ4v) is 2.20. The number of hydrogen-bond donors (Lipinski definition) is 1. The smallest absolute Gasteiger partial charge is 0.257 e. The average Bonchev–Trinajstić information content (AvgIpc) is 2.37. The molecule has 0 fully saturated rings. The monoisotopic (exact) mass is 277 g/mol. The number of anilines is 1. The van der Waals surface area contributed by atoms with Gasteiger partial charge in [0.1, 0.15) is 0 Å². The van der Waals surface area contributed by atoms with Crippen molar-refractivity contribution < 1.29 is 4.79 Å². The summed E-state index contributed by atoms with van der Waals surface area (Å²) in [6, 6.07) is 1.86. The third-order valence-corrected chi connectivity index (χ3v) is 2.88. The van der Waals surface area contributed by atoms with Crippen LogP contribution in [0.1, 0.15) is 45.0 Å². The first-order valence-corrected chi connectivity index (χ1v) is 7.42. The van der Waals surface area contributed by atoms with E-state index in [0.717, 1.165) is 25.3 Å². The van der Waals surface area contributed by atoms with Crippen molar-refractivity contribution in [3.8, 4) is 0 Å². The van der Waals surface area contributed by atoms with Crippen LogP contribution in [-0.2, 0) is 0 Å². The summed E-state index contributed by atoms with van der Waals surface area (Å²) in [7, 11) is 0. The van der Waals surface area contributed by atoms with Crippen molar-refractivity contribution >= 4 is 11.6 Å². The van der Waals surface area contributed by atoms with Crippen LogP contribution in [0.3, 0.4) is 0 Å². The zero-order valence-corrected chi connectivity index (χ0v) is 13.3. The minimum absolute atomic E-state index is 0.0662. The summed E-state index contributed by atoms with van der Waals surface area (Å²) in [6.45, 7) is 12.9. The van der Waals surface area contributed by atoms with Crippen LogP contribution in [0, 0.1) is 11.8 Å². The molecule has 4 heteroatoms. The lowest BCUT2D eigenvalue weighted by molar-refractivity contribution is 0.0715. The van der Waals surface area contributed by atoms with Crippen molar-refractivity contribution in [3.05, 3.63) is 24.0 Å². The normalized spacial score (nSPS) is 10.9. The third-order valence-electron chi connectivity index (χ3n) is 2.88. The van der Waals surface area contributed by atoms with Crippen molar-refractivity contribution in [1.82, 2.24) is 9.88 Å². The quantitative estimate of drug-likeness (QED) is 0.832. The van der Waals surface area contributed by atoms with E-state index >= 15 is 0 Å². The molecule has 1 aromatic heterocycles. The molecule has 0 aliphatic rings. The fraction of sp³-hybridized carbons (Fsp3) is 0.625. The summed E-state index contributed by atoms with van der Waals surface area (Å²) in [5.74, 6) is 0.977. The first-order chi connectivity index (χ1) is 9.45. The first kappa shape index (κ1) is 16.5. The second kappa shape index (κ2) is 7.88. The molecule has 1 aromatic rings. The van der Waals surface area contributed by atoms with Crippen molar-refractivity contribution in [1.29, 1.82) is 0 Å². The highest BCUT2D eigenvalue weighted by atomic mass is 16.2. The van der Waals surface area contributed by atoms with Crippen molar-refractivity contribution in [2.24, 2.45) is 11.8 Å². The summed E-state index contributed by atoms with van der Waals surface area (Å²) in [6.07, 6.45) is 3.37. The molecular formula is C16H27N3O. The predicted molar refractivity (Wildman–Crippen MR) is 84.0 cm³/mol. The van der Waals surface area contributed by atoms with Crippen LogP contribution in [0.5, 0.6) is 0 Å². The second-order valence-corrected chi connectivity index (χ2v) is 5.95. The average molecular weight is 277 g/mol. The van der Waals surface area contributed by atoms with Gasteiger partial charge in [-0.2, -0.15) is 0 Å². The van der Waals surface area contributed by atoms with Gasteiger partial charge >= 0.3 is 0 Å². The Kier molecular flexibility index (Phi) is 6.49. The van der Waals surface area contributed by atoms with Gasteiger partial charge in [0.2, 0.25) is 0 Å². The van der Waals surface area contributed by atoms with Gasteiger partial charge in [0, 0.05) is 32.0 Å². The Labute approximate surface area is 122 Å². The van der Waals surface area contributed by atoms with Crippen LogP contribution < -0.4 is 5.32 Å². The molecule has 0 aliphatic carbocycles. The highest BCUT2D eigenvalue weighted by Crippen LogP contribution is 2.17. The molecule has 0 unspecified atom stereocenters. The molecule has 0 aromatic carbocycles. The maximum absolute atomic E-state index is 12.8. The Hall–Kier alpha value is -1.58. The minimum atomic E-state index is 0.0662. The SMILES string of the molecule is CCNc1ccncc1C(=O)N(CC(C)C)CC(C)C. The van der Waals surface area contributed by atoms with E-state index in [4.69, 9.17) is 0 Å². The summed E-state index contributed by atoms with van der Waals surface area (Å²) in [4.78, 5) is 18.8. The lowest BCUT2D eigenvalue weighted by Gasteiger charge is -2.27. The molecule has 0 aliphatic heterocycles. The Bertz CT molecular complexity index is 419. The molecule has 0 bridgehead atoms. The molecule has 0 radical (unpaired) electrons. The molecule has 1 heterocycles. The van der Waals surface area contributed by atoms with Gasteiger partial charge in [-0.3, -0.25) is 9.78 Å². The topological polar surface area (TPSA) is 45.2 Å². The van der Waals surface area contributed by atoms with E-state index in [1.165, 1.54) is 0 Å². The van der Waals surface area contributed by atoms with Crippen molar-refractivity contribution in [2.45, 2.75) is 34.6 Å². The zero-order valence-electron chi connectivity index (χ0n) is 13.3. The standard InChI is InChI=1S/C16H27N3O/c1-6-18-15-7-8-17-9-14(15)16(20)19(10-12(2)3)11-13(4)5/h7-9,12-13H,6,10-11H2,1-5H3,(H,17,18). The van der Waals surface area contributed by atoms with E-state index in [9.17, 15) is 4.79 Å². The molecule has 20 heavy (non-hydrogen) atoms. The van der Waals surface area contributed by atoms with Crippen LogP contribution in [-0.4, -0.2) is 35.4 Å². The lowest BCUT2D eigenvalue weighted by Crippen LogP contribution is -2.37. The van der Waals surface area contributed by atoms with Crippen LogP contribution in [0.2, 0.25) is 0 Å². The number of carbonyl (C=O) groups excluding carboxylic acids is 1. The van der Waals surface area contributed by atoms with E-state index in [0.29, 0.717) is 17.4 Å². The first-order valence-electron chi connectivity index (χ1n) is 7.42. The lowest BCUT2D eigenvalue weighted by atomic mass is 10.1. The number of nitrogens with one attached hydrogen (secondary N) is 1. The molecule has 1 amide bonds. The van der Waals surface area contributed by atoms with Crippen LogP contribution >= 0.6 is 0 Å².